The van der Waals surface area contributed by atoms with Crippen molar-refractivity contribution in [2.24, 2.45) is 5.73 Å². The lowest BCUT2D eigenvalue weighted by Crippen LogP contribution is -2.46. The Morgan fingerprint density at radius 2 is 2.00 bits per heavy atom. The number of rotatable bonds is 5. The molecule has 1 aromatic rings. The third kappa shape index (κ3) is 3.91. The molecule has 0 saturated carbocycles. The molecule has 0 aromatic heterocycles. The first kappa shape index (κ1) is 17.0. The van der Waals surface area contributed by atoms with E-state index in [1.54, 1.807) is 0 Å². The number of hydrogen-bond acceptors (Lipinski definition) is 3. The van der Waals surface area contributed by atoms with Crippen molar-refractivity contribution in [2.45, 2.75) is 31.8 Å². The summed E-state index contributed by atoms with van der Waals surface area (Å²) in [5.74, 6) is 0. The van der Waals surface area contributed by atoms with Gasteiger partial charge >= 0.3 is 0 Å². The molecule has 1 fully saturated rings. The van der Waals surface area contributed by atoms with Crippen molar-refractivity contribution in [1.82, 2.24) is 9.80 Å². The van der Waals surface area contributed by atoms with Gasteiger partial charge in [0.1, 0.15) is 0 Å². The van der Waals surface area contributed by atoms with Crippen LogP contribution in [0.25, 0.3) is 0 Å². The van der Waals surface area contributed by atoms with Crippen molar-refractivity contribution in [2.75, 3.05) is 33.2 Å². The van der Waals surface area contributed by atoms with E-state index in [0.717, 1.165) is 25.2 Å². The first-order valence-electron chi connectivity index (χ1n) is 7.66. The molecule has 0 spiro atoms. The highest BCUT2D eigenvalue weighted by Crippen LogP contribution is 2.33. The standard InChI is InChI=1S/C16H25Cl2N3/c1-3-21-9-7-12(8-10-21)20(2)15(11-19)13-5-4-6-14(17)16(13)18/h4-6,12,15H,3,7-11,19H2,1-2H3. The zero-order valence-electron chi connectivity index (χ0n) is 12.9. The van der Waals surface area contributed by atoms with Gasteiger partial charge in [-0.25, -0.2) is 0 Å². The highest BCUT2D eigenvalue weighted by Gasteiger charge is 2.28. The van der Waals surface area contributed by atoms with Gasteiger partial charge in [-0.3, -0.25) is 4.90 Å². The molecule has 0 amide bonds. The molecule has 5 heteroatoms. The van der Waals surface area contributed by atoms with Crippen molar-refractivity contribution in [3.63, 3.8) is 0 Å². The van der Waals surface area contributed by atoms with E-state index >= 15 is 0 Å². The molecule has 118 valence electrons. The lowest BCUT2D eigenvalue weighted by molar-refractivity contribution is 0.101. The topological polar surface area (TPSA) is 32.5 Å². The van der Waals surface area contributed by atoms with Crippen LogP contribution in [0, 0.1) is 0 Å². The monoisotopic (exact) mass is 329 g/mol. The quantitative estimate of drug-likeness (QED) is 0.898. The van der Waals surface area contributed by atoms with Crippen LogP contribution in [0.4, 0.5) is 0 Å². The summed E-state index contributed by atoms with van der Waals surface area (Å²) in [6.07, 6.45) is 2.36. The van der Waals surface area contributed by atoms with E-state index < -0.39 is 0 Å². The molecule has 2 N–H and O–H groups in total. The molecule has 3 nitrogen and oxygen atoms in total. The molecule has 0 bridgehead atoms. The van der Waals surface area contributed by atoms with Crippen molar-refractivity contribution in [1.29, 1.82) is 0 Å². The van der Waals surface area contributed by atoms with Gasteiger partial charge in [-0.2, -0.15) is 0 Å². The summed E-state index contributed by atoms with van der Waals surface area (Å²) in [4.78, 5) is 4.87. The normalized spacial score (nSPS) is 19.1. The Morgan fingerprint density at radius 1 is 1.33 bits per heavy atom. The van der Waals surface area contributed by atoms with E-state index in [0.29, 0.717) is 22.6 Å². The zero-order chi connectivity index (χ0) is 15.4. The van der Waals surface area contributed by atoms with Gasteiger partial charge in [-0.1, -0.05) is 42.3 Å². The molecule has 0 aliphatic carbocycles. The average molecular weight is 330 g/mol. The average Bonchev–Trinajstić information content (AvgIpc) is 2.52. The summed E-state index contributed by atoms with van der Waals surface area (Å²) in [5.41, 5.74) is 7.07. The van der Waals surface area contributed by atoms with E-state index in [4.69, 9.17) is 28.9 Å². The first-order chi connectivity index (χ1) is 10.1. The molecule has 1 aromatic carbocycles. The maximum Gasteiger partial charge on any atom is 0.0640 e. The van der Waals surface area contributed by atoms with Crippen LogP contribution >= 0.6 is 23.2 Å². The SMILES string of the molecule is CCN1CCC(N(C)C(CN)c2cccc(Cl)c2Cl)CC1. The van der Waals surface area contributed by atoms with Crippen LogP contribution in [0.1, 0.15) is 31.4 Å². The van der Waals surface area contributed by atoms with E-state index in [1.807, 2.05) is 18.2 Å². The number of halogens is 2. The summed E-state index contributed by atoms with van der Waals surface area (Å²) < 4.78 is 0. The van der Waals surface area contributed by atoms with Crippen LogP contribution in [0.5, 0.6) is 0 Å². The third-order valence-corrected chi connectivity index (χ3v) is 5.47. The van der Waals surface area contributed by atoms with Crippen molar-refractivity contribution in [3.05, 3.63) is 33.8 Å². The van der Waals surface area contributed by atoms with Gasteiger partial charge in [-0.05, 0) is 51.2 Å². The molecule has 2 rings (SSSR count). The molecule has 1 aliphatic heterocycles. The second kappa shape index (κ2) is 7.80. The third-order valence-electron chi connectivity index (χ3n) is 4.64. The number of hydrogen-bond donors (Lipinski definition) is 1. The van der Waals surface area contributed by atoms with Crippen molar-refractivity contribution < 1.29 is 0 Å². The summed E-state index contributed by atoms with van der Waals surface area (Å²) in [7, 11) is 2.15. The van der Waals surface area contributed by atoms with E-state index in [-0.39, 0.29) is 6.04 Å². The van der Waals surface area contributed by atoms with Gasteiger partial charge in [0, 0.05) is 18.6 Å². The molecule has 1 atom stereocenters. The van der Waals surface area contributed by atoms with Crippen LogP contribution in [-0.2, 0) is 0 Å². The van der Waals surface area contributed by atoms with Crippen LogP contribution < -0.4 is 5.73 Å². The lowest BCUT2D eigenvalue weighted by atomic mass is 9.98. The largest absolute Gasteiger partial charge is 0.329 e. The van der Waals surface area contributed by atoms with Gasteiger partial charge < -0.3 is 10.6 Å². The fourth-order valence-corrected chi connectivity index (χ4v) is 3.62. The molecular formula is C16H25Cl2N3. The van der Waals surface area contributed by atoms with E-state index in [9.17, 15) is 0 Å². The van der Waals surface area contributed by atoms with Gasteiger partial charge in [0.25, 0.3) is 0 Å². The zero-order valence-corrected chi connectivity index (χ0v) is 14.4. The Morgan fingerprint density at radius 3 is 2.57 bits per heavy atom. The minimum atomic E-state index is 0.120. The van der Waals surface area contributed by atoms with E-state index in [1.165, 1.54) is 12.8 Å². The van der Waals surface area contributed by atoms with Crippen molar-refractivity contribution in [3.8, 4) is 0 Å². The maximum absolute atomic E-state index is 6.37. The lowest BCUT2D eigenvalue weighted by Gasteiger charge is -2.40. The number of benzene rings is 1. The highest BCUT2D eigenvalue weighted by molar-refractivity contribution is 6.42. The second-order valence-corrected chi connectivity index (χ2v) is 6.51. The van der Waals surface area contributed by atoms with Gasteiger partial charge in [0.05, 0.1) is 10.0 Å². The maximum atomic E-state index is 6.37. The molecule has 21 heavy (non-hydrogen) atoms. The fourth-order valence-electron chi connectivity index (χ4n) is 3.19. The van der Waals surface area contributed by atoms with Gasteiger partial charge in [0.15, 0.2) is 0 Å². The van der Waals surface area contributed by atoms with E-state index in [2.05, 4.69) is 23.8 Å². The number of nitrogens with zero attached hydrogens (tertiary/aromatic N) is 2. The van der Waals surface area contributed by atoms with Gasteiger partial charge in [-0.15, -0.1) is 0 Å². The van der Waals surface area contributed by atoms with Crippen LogP contribution in [-0.4, -0.2) is 49.1 Å². The molecule has 1 saturated heterocycles. The summed E-state index contributed by atoms with van der Waals surface area (Å²) in [6, 6.07) is 6.47. The molecule has 1 heterocycles. The smallest absolute Gasteiger partial charge is 0.0640 e. The molecule has 1 unspecified atom stereocenters. The predicted molar refractivity (Wildman–Crippen MR) is 91.2 cm³/mol. The summed E-state index contributed by atoms with van der Waals surface area (Å²) in [6.45, 7) is 6.22. The summed E-state index contributed by atoms with van der Waals surface area (Å²) in [5, 5.41) is 1.23. The van der Waals surface area contributed by atoms with Crippen LogP contribution in [0.2, 0.25) is 10.0 Å². The Balaban J connectivity index is 2.12. The number of nitrogens with two attached hydrogens (primary N) is 1. The molecular weight excluding hydrogens is 305 g/mol. The van der Waals surface area contributed by atoms with Crippen molar-refractivity contribution >= 4 is 23.2 Å². The Labute approximate surface area is 138 Å². The summed E-state index contributed by atoms with van der Waals surface area (Å²) >= 11 is 12.5. The second-order valence-electron chi connectivity index (χ2n) is 5.73. The fraction of sp³-hybridized carbons (Fsp3) is 0.625. The first-order valence-corrected chi connectivity index (χ1v) is 8.42. The minimum Gasteiger partial charge on any atom is -0.329 e. The van der Waals surface area contributed by atoms with Gasteiger partial charge in [0.2, 0.25) is 0 Å². The Bertz CT molecular complexity index is 459. The minimum absolute atomic E-state index is 0.120. The Kier molecular flexibility index (Phi) is 6.33. The number of likely N-dealkylation sites (N-methyl/N-ethyl adjacent to an activating group) is 1. The highest BCUT2D eigenvalue weighted by atomic mass is 35.5. The molecule has 1 aliphatic rings. The number of likely N-dealkylation sites (tertiary alicyclic amines) is 1. The van der Waals surface area contributed by atoms with Crippen LogP contribution in [0.15, 0.2) is 18.2 Å². The molecule has 0 radical (unpaired) electrons. The van der Waals surface area contributed by atoms with Crippen LogP contribution in [0.3, 0.4) is 0 Å². The Hall–Kier alpha value is -0.320. The number of piperidine rings is 1. The predicted octanol–water partition coefficient (Wildman–Crippen LogP) is 3.41.